The van der Waals surface area contributed by atoms with Crippen LogP contribution in [-0.2, 0) is 13.6 Å². The first kappa shape index (κ1) is 13.1. The Morgan fingerprint density at radius 1 is 1.33 bits per heavy atom. The van der Waals surface area contributed by atoms with Crippen LogP contribution >= 0.6 is 39.5 Å². The molecule has 0 radical (unpaired) electrons. The summed E-state index contributed by atoms with van der Waals surface area (Å²) in [4.78, 5) is 0. The van der Waals surface area contributed by atoms with Crippen LogP contribution in [0.1, 0.15) is 13.8 Å². The SMILES string of the molecule is CCOP(=O)(OCC)C(Br)CBr. The van der Waals surface area contributed by atoms with Crippen molar-refractivity contribution in [2.24, 2.45) is 0 Å². The highest BCUT2D eigenvalue weighted by molar-refractivity contribution is 9.13. The monoisotopic (exact) mass is 322 g/mol. The van der Waals surface area contributed by atoms with Crippen LogP contribution < -0.4 is 0 Å². The molecule has 0 rings (SSSR count). The van der Waals surface area contributed by atoms with Gasteiger partial charge in [0.25, 0.3) is 0 Å². The van der Waals surface area contributed by atoms with E-state index in [0.29, 0.717) is 18.5 Å². The summed E-state index contributed by atoms with van der Waals surface area (Å²) in [6.45, 7) is 4.37. The second-order valence-corrected chi connectivity index (χ2v) is 6.64. The summed E-state index contributed by atoms with van der Waals surface area (Å²) >= 11 is 6.45. The van der Waals surface area contributed by atoms with E-state index >= 15 is 0 Å². The normalized spacial score (nSPS) is 14.7. The van der Waals surface area contributed by atoms with Gasteiger partial charge in [-0.25, -0.2) is 0 Å². The third-order valence-electron chi connectivity index (χ3n) is 1.09. The van der Waals surface area contributed by atoms with E-state index in [9.17, 15) is 4.57 Å². The van der Waals surface area contributed by atoms with Gasteiger partial charge < -0.3 is 9.05 Å². The van der Waals surface area contributed by atoms with Crippen molar-refractivity contribution in [3.8, 4) is 0 Å². The van der Waals surface area contributed by atoms with E-state index in [1.807, 2.05) is 0 Å². The first-order valence-electron chi connectivity index (χ1n) is 3.69. The van der Waals surface area contributed by atoms with E-state index in [1.54, 1.807) is 13.8 Å². The Balaban J connectivity index is 4.27. The van der Waals surface area contributed by atoms with Crippen LogP contribution in [0.2, 0.25) is 0 Å². The van der Waals surface area contributed by atoms with Gasteiger partial charge in [-0.3, -0.25) is 4.57 Å². The summed E-state index contributed by atoms with van der Waals surface area (Å²) in [6.07, 6.45) is 0. The lowest BCUT2D eigenvalue weighted by Crippen LogP contribution is -2.07. The van der Waals surface area contributed by atoms with Gasteiger partial charge in [0.15, 0.2) is 0 Å². The standard InChI is InChI=1S/C6H13Br2O3P/c1-3-10-12(9,11-4-2)6(8)5-7/h6H,3-5H2,1-2H3. The lowest BCUT2D eigenvalue weighted by Gasteiger charge is -2.20. The minimum Gasteiger partial charge on any atom is -0.308 e. The molecule has 0 aliphatic rings. The highest BCUT2D eigenvalue weighted by Gasteiger charge is 2.32. The van der Waals surface area contributed by atoms with Crippen molar-refractivity contribution in [2.45, 2.75) is 18.4 Å². The van der Waals surface area contributed by atoms with Gasteiger partial charge >= 0.3 is 7.60 Å². The van der Waals surface area contributed by atoms with Gasteiger partial charge in [0.2, 0.25) is 0 Å². The van der Waals surface area contributed by atoms with E-state index in [2.05, 4.69) is 31.9 Å². The molecule has 0 spiro atoms. The van der Waals surface area contributed by atoms with Gasteiger partial charge in [-0.1, -0.05) is 31.9 Å². The third kappa shape index (κ3) is 3.88. The Morgan fingerprint density at radius 3 is 2.00 bits per heavy atom. The molecular formula is C6H13Br2O3P. The molecule has 0 aromatic heterocycles. The number of halogens is 2. The quantitative estimate of drug-likeness (QED) is 0.555. The molecule has 0 amide bonds. The second kappa shape index (κ2) is 6.55. The number of rotatable bonds is 6. The Morgan fingerprint density at radius 2 is 1.75 bits per heavy atom. The van der Waals surface area contributed by atoms with Crippen molar-refractivity contribution in [3.63, 3.8) is 0 Å². The Kier molecular flexibility index (Phi) is 7.15. The van der Waals surface area contributed by atoms with Gasteiger partial charge in [0.05, 0.1) is 13.2 Å². The highest BCUT2D eigenvalue weighted by atomic mass is 79.9. The van der Waals surface area contributed by atoms with Crippen LogP contribution in [0.4, 0.5) is 0 Å². The average Bonchev–Trinajstić information content (AvgIpc) is 2.04. The molecule has 6 heteroatoms. The molecule has 0 fully saturated rings. The van der Waals surface area contributed by atoms with Crippen LogP contribution in [0.3, 0.4) is 0 Å². The molecule has 74 valence electrons. The van der Waals surface area contributed by atoms with Crippen LogP contribution in [0, 0.1) is 0 Å². The molecule has 3 nitrogen and oxygen atoms in total. The van der Waals surface area contributed by atoms with Crippen LogP contribution in [0.5, 0.6) is 0 Å². The molecule has 0 saturated heterocycles. The lowest BCUT2D eigenvalue weighted by atomic mass is 10.9. The Bertz CT molecular complexity index is 155. The fourth-order valence-corrected chi connectivity index (χ4v) is 3.70. The van der Waals surface area contributed by atoms with E-state index in [0.717, 1.165) is 0 Å². The maximum atomic E-state index is 11.8. The van der Waals surface area contributed by atoms with Crippen molar-refractivity contribution >= 4 is 39.5 Å². The molecule has 0 bridgehead atoms. The molecule has 1 atom stereocenters. The fraction of sp³-hybridized carbons (Fsp3) is 1.00. The minimum atomic E-state index is -2.94. The molecular weight excluding hydrogens is 311 g/mol. The molecule has 1 unspecified atom stereocenters. The van der Waals surface area contributed by atoms with Gasteiger partial charge in [-0.15, -0.1) is 0 Å². The van der Waals surface area contributed by atoms with Crippen molar-refractivity contribution in [2.75, 3.05) is 18.5 Å². The Hall–Kier alpha value is 1.11. The molecule has 0 heterocycles. The minimum absolute atomic E-state index is 0.273. The van der Waals surface area contributed by atoms with E-state index in [-0.39, 0.29) is 4.57 Å². The second-order valence-electron chi connectivity index (χ2n) is 1.96. The molecule has 0 N–H and O–H groups in total. The number of alkyl halides is 2. The summed E-state index contributed by atoms with van der Waals surface area (Å²) in [6, 6.07) is 0. The predicted octanol–water partition coefficient (Wildman–Crippen LogP) is 3.37. The van der Waals surface area contributed by atoms with E-state index < -0.39 is 7.60 Å². The van der Waals surface area contributed by atoms with Gasteiger partial charge in [-0.05, 0) is 13.8 Å². The van der Waals surface area contributed by atoms with Crippen molar-refractivity contribution < 1.29 is 13.6 Å². The van der Waals surface area contributed by atoms with Gasteiger partial charge in [-0.2, -0.15) is 0 Å². The first-order valence-corrected chi connectivity index (χ1v) is 7.34. The lowest BCUT2D eigenvalue weighted by molar-refractivity contribution is 0.220. The molecule has 0 aliphatic carbocycles. The topological polar surface area (TPSA) is 35.5 Å². The predicted molar refractivity (Wildman–Crippen MR) is 57.4 cm³/mol. The molecule has 12 heavy (non-hydrogen) atoms. The Labute approximate surface area is 90.0 Å². The maximum absolute atomic E-state index is 11.8. The summed E-state index contributed by atoms with van der Waals surface area (Å²) in [5, 5.41) is 0.546. The molecule has 0 saturated carbocycles. The maximum Gasteiger partial charge on any atom is 0.345 e. The average molecular weight is 324 g/mol. The smallest absolute Gasteiger partial charge is 0.308 e. The largest absolute Gasteiger partial charge is 0.345 e. The van der Waals surface area contributed by atoms with Crippen molar-refractivity contribution in [3.05, 3.63) is 0 Å². The molecule has 0 aromatic carbocycles. The summed E-state index contributed by atoms with van der Waals surface area (Å²) in [7, 11) is -2.94. The zero-order valence-corrected chi connectivity index (χ0v) is 11.2. The fourth-order valence-electron chi connectivity index (χ4n) is 0.643. The van der Waals surface area contributed by atoms with Gasteiger partial charge in [0, 0.05) is 5.33 Å². The van der Waals surface area contributed by atoms with Crippen molar-refractivity contribution in [1.82, 2.24) is 0 Å². The van der Waals surface area contributed by atoms with E-state index in [4.69, 9.17) is 9.05 Å². The van der Waals surface area contributed by atoms with Crippen molar-refractivity contribution in [1.29, 1.82) is 0 Å². The number of hydrogen-bond donors (Lipinski definition) is 0. The van der Waals surface area contributed by atoms with E-state index in [1.165, 1.54) is 0 Å². The summed E-state index contributed by atoms with van der Waals surface area (Å²) in [5.41, 5.74) is 0. The summed E-state index contributed by atoms with van der Waals surface area (Å²) in [5.74, 6) is 0. The highest BCUT2D eigenvalue weighted by Crippen LogP contribution is 2.55. The first-order chi connectivity index (χ1) is 5.60. The van der Waals surface area contributed by atoms with Crippen LogP contribution in [0.25, 0.3) is 0 Å². The molecule has 0 aliphatic heterocycles. The summed E-state index contributed by atoms with van der Waals surface area (Å²) < 4.78 is 21.7. The zero-order chi connectivity index (χ0) is 9.61. The third-order valence-corrected chi connectivity index (χ3v) is 7.04. The molecule has 0 aromatic rings. The van der Waals surface area contributed by atoms with Crippen LogP contribution in [0.15, 0.2) is 0 Å². The van der Waals surface area contributed by atoms with Gasteiger partial charge in [0.1, 0.15) is 4.57 Å². The zero-order valence-electron chi connectivity index (χ0n) is 7.13. The number of hydrogen-bond acceptors (Lipinski definition) is 3. The van der Waals surface area contributed by atoms with Crippen LogP contribution in [-0.4, -0.2) is 23.1 Å².